The highest BCUT2D eigenvalue weighted by Crippen LogP contribution is 2.20. The third kappa shape index (κ3) is 5.47. The van der Waals surface area contributed by atoms with E-state index < -0.39 is 0 Å². The minimum absolute atomic E-state index is 0.202. The van der Waals surface area contributed by atoms with Crippen LogP contribution in [0.4, 0.5) is 5.69 Å². The van der Waals surface area contributed by atoms with Crippen molar-refractivity contribution in [3.8, 4) is 11.5 Å². The van der Waals surface area contributed by atoms with E-state index in [1.54, 1.807) is 19.3 Å². The monoisotopic (exact) mass is 325 g/mol. The Bertz CT molecular complexity index is 695. The number of methoxy groups -OCH3 is 1. The van der Waals surface area contributed by atoms with Crippen LogP contribution in [0.1, 0.15) is 25.3 Å². The average molecular weight is 325 g/mol. The Labute approximate surface area is 143 Å². The molecule has 0 fully saturated rings. The first-order valence-electron chi connectivity index (χ1n) is 8.08. The molecule has 0 atom stereocenters. The standard InChI is InChI=1S/C20H23NO3/c1-3-4-14-24-19-11-6-5-8-16(19)12-13-20(22)21-17-9-7-10-18(15-17)23-2/h5-13,15H,3-4,14H2,1-2H3,(H,21,22)/b13-12+. The van der Waals surface area contributed by atoms with E-state index in [-0.39, 0.29) is 5.91 Å². The number of unbranched alkanes of at least 4 members (excludes halogenated alkanes) is 1. The van der Waals surface area contributed by atoms with Crippen molar-refractivity contribution in [2.75, 3.05) is 19.0 Å². The van der Waals surface area contributed by atoms with Gasteiger partial charge in [-0.05, 0) is 30.7 Å². The second kappa shape index (κ2) is 9.40. The number of amides is 1. The second-order valence-electron chi connectivity index (χ2n) is 5.29. The van der Waals surface area contributed by atoms with Crippen LogP contribution in [0.15, 0.2) is 54.6 Å². The molecule has 0 bridgehead atoms. The maximum absolute atomic E-state index is 12.1. The molecule has 2 rings (SSSR count). The summed E-state index contributed by atoms with van der Waals surface area (Å²) in [6.45, 7) is 2.80. The molecular formula is C20H23NO3. The highest BCUT2D eigenvalue weighted by atomic mass is 16.5. The van der Waals surface area contributed by atoms with E-state index in [0.717, 1.165) is 24.2 Å². The van der Waals surface area contributed by atoms with E-state index in [9.17, 15) is 4.79 Å². The molecule has 0 spiro atoms. The molecule has 0 aliphatic carbocycles. The van der Waals surface area contributed by atoms with Gasteiger partial charge in [0.1, 0.15) is 11.5 Å². The Hall–Kier alpha value is -2.75. The summed E-state index contributed by atoms with van der Waals surface area (Å²) in [4.78, 5) is 12.1. The summed E-state index contributed by atoms with van der Waals surface area (Å²) in [5.74, 6) is 1.29. The number of benzene rings is 2. The van der Waals surface area contributed by atoms with E-state index >= 15 is 0 Å². The summed E-state index contributed by atoms with van der Waals surface area (Å²) < 4.78 is 10.9. The molecule has 0 saturated heterocycles. The van der Waals surface area contributed by atoms with Crippen molar-refractivity contribution in [1.29, 1.82) is 0 Å². The summed E-state index contributed by atoms with van der Waals surface area (Å²) in [6, 6.07) is 14.9. The van der Waals surface area contributed by atoms with E-state index in [2.05, 4.69) is 12.2 Å². The normalized spacial score (nSPS) is 10.6. The summed E-state index contributed by atoms with van der Waals surface area (Å²) in [5.41, 5.74) is 1.57. The minimum atomic E-state index is -0.202. The summed E-state index contributed by atoms with van der Waals surface area (Å²) >= 11 is 0. The number of carbonyl (C=O) groups excluding carboxylic acids is 1. The van der Waals surface area contributed by atoms with Crippen LogP contribution in [0.25, 0.3) is 6.08 Å². The molecular weight excluding hydrogens is 302 g/mol. The summed E-state index contributed by atoms with van der Waals surface area (Å²) in [6.07, 6.45) is 5.35. The van der Waals surface area contributed by atoms with Crippen LogP contribution in [0.5, 0.6) is 11.5 Å². The first kappa shape index (κ1) is 17.6. The topological polar surface area (TPSA) is 47.6 Å². The van der Waals surface area contributed by atoms with Crippen LogP contribution in [0, 0.1) is 0 Å². The van der Waals surface area contributed by atoms with Crippen LogP contribution >= 0.6 is 0 Å². The Balaban J connectivity index is 2.00. The zero-order chi connectivity index (χ0) is 17.2. The Morgan fingerprint density at radius 1 is 1.17 bits per heavy atom. The molecule has 4 nitrogen and oxygen atoms in total. The van der Waals surface area contributed by atoms with Gasteiger partial charge in [0.15, 0.2) is 0 Å². The number of hydrogen-bond donors (Lipinski definition) is 1. The minimum Gasteiger partial charge on any atom is -0.497 e. The molecule has 4 heteroatoms. The van der Waals surface area contributed by atoms with Gasteiger partial charge in [0.05, 0.1) is 13.7 Å². The fourth-order valence-electron chi connectivity index (χ4n) is 2.13. The highest BCUT2D eigenvalue weighted by molar-refractivity contribution is 6.02. The molecule has 0 unspecified atom stereocenters. The van der Waals surface area contributed by atoms with Crippen molar-refractivity contribution < 1.29 is 14.3 Å². The van der Waals surface area contributed by atoms with Gasteiger partial charge >= 0.3 is 0 Å². The van der Waals surface area contributed by atoms with E-state index in [0.29, 0.717) is 18.0 Å². The van der Waals surface area contributed by atoms with E-state index in [4.69, 9.17) is 9.47 Å². The number of carbonyl (C=O) groups is 1. The van der Waals surface area contributed by atoms with Crippen molar-refractivity contribution in [1.82, 2.24) is 0 Å². The second-order valence-corrected chi connectivity index (χ2v) is 5.29. The van der Waals surface area contributed by atoms with Crippen molar-refractivity contribution in [3.63, 3.8) is 0 Å². The molecule has 0 radical (unpaired) electrons. The maximum Gasteiger partial charge on any atom is 0.248 e. The predicted molar refractivity (Wildman–Crippen MR) is 97.5 cm³/mol. The zero-order valence-corrected chi connectivity index (χ0v) is 14.1. The Morgan fingerprint density at radius 3 is 2.79 bits per heavy atom. The molecule has 1 N–H and O–H groups in total. The average Bonchev–Trinajstić information content (AvgIpc) is 2.61. The highest BCUT2D eigenvalue weighted by Gasteiger charge is 2.02. The lowest BCUT2D eigenvalue weighted by Crippen LogP contribution is -2.07. The van der Waals surface area contributed by atoms with Gasteiger partial charge in [0.25, 0.3) is 0 Å². The molecule has 2 aromatic carbocycles. The number of hydrogen-bond acceptors (Lipinski definition) is 3. The smallest absolute Gasteiger partial charge is 0.248 e. The fourth-order valence-corrected chi connectivity index (χ4v) is 2.13. The first-order chi connectivity index (χ1) is 11.7. The molecule has 1 amide bonds. The van der Waals surface area contributed by atoms with Crippen LogP contribution in [-0.2, 0) is 4.79 Å². The fraction of sp³-hybridized carbons (Fsp3) is 0.250. The maximum atomic E-state index is 12.1. The molecule has 0 aliphatic rings. The van der Waals surface area contributed by atoms with Crippen LogP contribution < -0.4 is 14.8 Å². The van der Waals surface area contributed by atoms with Gasteiger partial charge in [0, 0.05) is 23.4 Å². The lowest BCUT2D eigenvalue weighted by Gasteiger charge is -2.08. The van der Waals surface area contributed by atoms with Gasteiger partial charge < -0.3 is 14.8 Å². The summed E-state index contributed by atoms with van der Waals surface area (Å²) in [7, 11) is 1.59. The molecule has 24 heavy (non-hydrogen) atoms. The largest absolute Gasteiger partial charge is 0.497 e. The van der Waals surface area contributed by atoms with Gasteiger partial charge in [-0.1, -0.05) is 37.6 Å². The Kier molecular flexibility index (Phi) is 6.90. The molecule has 0 heterocycles. The van der Waals surface area contributed by atoms with Crippen LogP contribution in [-0.4, -0.2) is 19.6 Å². The van der Waals surface area contributed by atoms with E-state index in [1.165, 1.54) is 6.08 Å². The van der Waals surface area contributed by atoms with Gasteiger partial charge in [-0.2, -0.15) is 0 Å². The molecule has 126 valence electrons. The third-order valence-corrected chi connectivity index (χ3v) is 3.43. The number of nitrogens with one attached hydrogen (secondary N) is 1. The van der Waals surface area contributed by atoms with E-state index in [1.807, 2.05) is 42.5 Å². The van der Waals surface area contributed by atoms with Gasteiger partial charge in [-0.3, -0.25) is 4.79 Å². The third-order valence-electron chi connectivity index (χ3n) is 3.43. The quantitative estimate of drug-likeness (QED) is 0.573. The van der Waals surface area contributed by atoms with Crippen molar-refractivity contribution in [2.24, 2.45) is 0 Å². The predicted octanol–water partition coefficient (Wildman–Crippen LogP) is 4.53. The van der Waals surface area contributed by atoms with Gasteiger partial charge in [-0.15, -0.1) is 0 Å². The molecule has 0 saturated carbocycles. The van der Waals surface area contributed by atoms with Crippen LogP contribution in [0.2, 0.25) is 0 Å². The van der Waals surface area contributed by atoms with Crippen molar-refractivity contribution >= 4 is 17.7 Å². The van der Waals surface area contributed by atoms with Crippen molar-refractivity contribution in [3.05, 3.63) is 60.2 Å². The molecule has 0 aromatic heterocycles. The van der Waals surface area contributed by atoms with Gasteiger partial charge in [-0.25, -0.2) is 0 Å². The number of anilines is 1. The molecule has 0 aliphatic heterocycles. The first-order valence-corrected chi connectivity index (χ1v) is 8.08. The SMILES string of the molecule is CCCCOc1ccccc1/C=C/C(=O)Nc1cccc(OC)c1. The molecule has 2 aromatic rings. The van der Waals surface area contributed by atoms with Gasteiger partial charge in [0.2, 0.25) is 5.91 Å². The van der Waals surface area contributed by atoms with Crippen molar-refractivity contribution in [2.45, 2.75) is 19.8 Å². The van der Waals surface area contributed by atoms with Crippen LogP contribution in [0.3, 0.4) is 0 Å². The number of rotatable bonds is 8. The number of para-hydroxylation sites is 1. The zero-order valence-electron chi connectivity index (χ0n) is 14.1. The number of ether oxygens (including phenoxy) is 2. The lowest BCUT2D eigenvalue weighted by atomic mass is 10.2. The lowest BCUT2D eigenvalue weighted by molar-refractivity contribution is -0.111. The Morgan fingerprint density at radius 2 is 2.00 bits per heavy atom. The summed E-state index contributed by atoms with van der Waals surface area (Å²) in [5, 5.41) is 2.81.